The van der Waals surface area contributed by atoms with Gasteiger partial charge in [0.2, 0.25) is 0 Å². The van der Waals surface area contributed by atoms with E-state index in [1.807, 2.05) is 5.01 Å². The zero-order valence-electron chi connectivity index (χ0n) is 7.01. The SMILES string of the molecule is CC(C)C1CCN(N)CC1. The second-order valence-electron chi connectivity index (χ2n) is 3.62. The summed E-state index contributed by atoms with van der Waals surface area (Å²) in [6.45, 7) is 6.78. The predicted octanol–water partition coefficient (Wildman–Crippen LogP) is 1.23. The van der Waals surface area contributed by atoms with Gasteiger partial charge in [-0.15, -0.1) is 0 Å². The summed E-state index contributed by atoms with van der Waals surface area (Å²) in [5.41, 5.74) is 0. The van der Waals surface area contributed by atoms with E-state index in [-0.39, 0.29) is 0 Å². The number of hydrazine groups is 1. The number of rotatable bonds is 1. The van der Waals surface area contributed by atoms with E-state index >= 15 is 0 Å². The highest BCUT2D eigenvalue weighted by Gasteiger charge is 2.19. The summed E-state index contributed by atoms with van der Waals surface area (Å²) < 4.78 is 0. The van der Waals surface area contributed by atoms with Crippen LogP contribution in [0.25, 0.3) is 0 Å². The Kier molecular flexibility index (Phi) is 2.69. The van der Waals surface area contributed by atoms with Crippen molar-refractivity contribution < 1.29 is 0 Å². The molecule has 0 aromatic carbocycles. The van der Waals surface area contributed by atoms with Crippen molar-refractivity contribution in [1.29, 1.82) is 0 Å². The van der Waals surface area contributed by atoms with Gasteiger partial charge >= 0.3 is 0 Å². The van der Waals surface area contributed by atoms with E-state index in [1.54, 1.807) is 0 Å². The Balaban J connectivity index is 2.26. The Morgan fingerprint density at radius 2 is 1.80 bits per heavy atom. The largest absolute Gasteiger partial charge is 0.269 e. The fourth-order valence-corrected chi connectivity index (χ4v) is 1.59. The van der Waals surface area contributed by atoms with Crippen molar-refractivity contribution in [1.82, 2.24) is 5.01 Å². The van der Waals surface area contributed by atoms with Gasteiger partial charge < -0.3 is 0 Å². The first-order valence-corrected chi connectivity index (χ1v) is 4.20. The minimum atomic E-state index is 0.841. The van der Waals surface area contributed by atoms with Crippen LogP contribution in [0.4, 0.5) is 0 Å². The molecule has 10 heavy (non-hydrogen) atoms. The van der Waals surface area contributed by atoms with Crippen molar-refractivity contribution in [2.45, 2.75) is 26.7 Å². The van der Waals surface area contributed by atoms with Gasteiger partial charge in [0.1, 0.15) is 0 Å². The lowest BCUT2D eigenvalue weighted by Gasteiger charge is -2.30. The van der Waals surface area contributed by atoms with Crippen LogP contribution < -0.4 is 5.84 Å². The van der Waals surface area contributed by atoms with Gasteiger partial charge in [0.15, 0.2) is 0 Å². The number of nitrogens with zero attached hydrogens (tertiary/aromatic N) is 1. The van der Waals surface area contributed by atoms with Crippen LogP contribution in [0.15, 0.2) is 0 Å². The molecule has 2 heteroatoms. The van der Waals surface area contributed by atoms with Crippen LogP contribution in [-0.4, -0.2) is 18.1 Å². The molecule has 0 unspecified atom stereocenters. The number of hydrogen-bond donors (Lipinski definition) is 1. The van der Waals surface area contributed by atoms with Crippen LogP contribution in [-0.2, 0) is 0 Å². The fourth-order valence-electron chi connectivity index (χ4n) is 1.59. The summed E-state index contributed by atoms with van der Waals surface area (Å²) in [5, 5.41) is 1.93. The van der Waals surface area contributed by atoms with Gasteiger partial charge in [0, 0.05) is 13.1 Å². The molecule has 0 atom stereocenters. The Labute approximate surface area is 63.4 Å². The normalized spacial score (nSPS) is 24.0. The van der Waals surface area contributed by atoms with E-state index in [9.17, 15) is 0 Å². The van der Waals surface area contributed by atoms with Crippen molar-refractivity contribution >= 4 is 0 Å². The van der Waals surface area contributed by atoms with Crippen LogP contribution >= 0.6 is 0 Å². The molecule has 0 saturated carbocycles. The quantitative estimate of drug-likeness (QED) is 0.558. The Hall–Kier alpha value is -0.0800. The van der Waals surface area contributed by atoms with E-state index in [4.69, 9.17) is 5.84 Å². The zero-order valence-corrected chi connectivity index (χ0v) is 7.01. The zero-order chi connectivity index (χ0) is 7.56. The Morgan fingerprint density at radius 3 is 2.20 bits per heavy atom. The van der Waals surface area contributed by atoms with Gasteiger partial charge in [-0.25, -0.2) is 5.01 Å². The molecular weight excluding hydrogens is 124 g/mol. The summed E-state index contributed by atoms with van der Waals surface area (Å²) in [7, 11) is 0. The molecule has 0 spiro atoms. The summed E-state index contributed by atoms with van der Waals surface area (Å²) in [6, 6.07) is 0. The molecule has 0 aromatic heterocycles. The molecule has 1 saturated heterocycles. The van der Waals surface area contributed by atoms with Crippen molar-refractivity contribution in [3.63, 3.8) is 0 Å². The summed E-state index contributed by atoms with van der Waals surface area (Å²) in [4.78, 5) is 0. The molecule has 60 valence electrons. The molecule has 1 heterocycles. The highest BCUT2D eigenvalue weighted by molar-refractivity contribution is 4.70. The first kappa shape index (κ1) is 8.02. The van der Waals surface area contributed by atoms with Gasteiger partial charge in [-0.05, 0) is 24.7 Å². The second kappa shape index (κ2) is 3.35. The molecule has 1 fully saturated rings. The van der Waals surface area contributed by atoms with Crippen LogP contribution in [0.2, 0.25) is 0 Å². The third kappa shape index (κ3) is 1.96. The Morgan fingerprint density at radius 1 is 1.30 bits per heavy atom. The lowest BCUT2D eigenvalue weighted by molar-refractivity contribution is 0.160. The van der Waals surface area contributed by atoms with Crippen molar-refractivity contribution in [3.05, 3.63) is 0 Å². The van der Waals surface area contributed by atoms with E-state index in [0.717, 1.165) is 24.9 Å². The molecule has 0 aliphatic carbocycles. The number of piperidine rings is 1. The molecule has 0 radical (unpaired) electrons. The lowest BCUT2D eigenvalue weighted by Crippen LogP contribution is -2.39. The average Bonchev–Trinajstić information content (AvgIpc) is 1.88. The highest BCUT2D eigenvalue weighted by atomic mass is 15.4. The third-order valence-electron chi connectivity index (χ3n) is 2.52. The first-order chi connectivity index (χ1) is 4.70. The maximum atomic E-state index is 5.63. The van der Waals surface area contributed by atoms with E-state index in [0.29, 0.717) is 0 Å². The molecule has 1 aliphatic rings. The van der Waals surface area contributed by atoms with E-state index < -0.39 is 0 Å². The predicted molar refractivity (Wildman–Crippen MR) is 43.3 cm³/mol. The van der Waals surface area contributed by atoms with Crippen molar-refractivity contribution in [2.24, 2.45) is 17.7 Å². The maximum absolute atomic E-state index is 5.63. The van der Waals surface area contributed by atoms with Crippen LogP contribution in [0.1, 0.15) is 26.7 Å². The van der Waals surface area contributed by atoms with E-state index in [1.165, 1.54) is 12.8 Å². The lowest BCUT2D eigenvalue weighted by atomic mass is 9.87. The molecular formula is C8H18N2. The minimum Gasteiger partial charge on any atom is -0.269 e. The third-order valence-corrected chi connectivity index (χ3v) is 2.52. The summed E-state index contributed by atoms with van der Waals surface area (Å²) in [5.74, 6) is 7.39. The number of hydrogen-bond acceptors (Lipinski definition) is 2. The molecule has 0 amide bonds. The van der Waals surface area contributed by atoms with Crippen LogP contribution in [0.5, 0.6) is 0 Å². The fraction of sp³-hybridized carbons (Fsp3) is 1.00. The standard InChI is InChI=1S/C8H18N2/c1-7(2)8-3-5-10(9)6-4-8/h7-8H,3-6,9H2,1-2H3. The first-order valence-electron chi connectivity index (χ1n) is 4.20. The number of nitrogens with two attached hydrogens (primary N) is 1. The van der Waals surface area contributed by atoms with E-state index in [2.05, 4.69) is 13.8 Å². The van der Waals surface area contributed by atoms with Crippen LogP contribution in [0, 0.1) is 11.8 Å². The van der Waals surface area contributed by atoms with Gasteiger partial charge in [-0.3, -0.25) is 5.84 Å². The smallest absolute Gasteiger partial charge is 0.0131 e. The second-order valence-corrected chi connectivity index (χ2v) is 3.62. The Bertz CT molecular complexity index is 93.4. The van der Waals surface area contributed by atoms with Gasteiger partial charge in [-0.2, -0.15) is 0 Å². The minimum absolute atomic E-state index is 0.841. The van der Waals surface area contributed by atoms with Gasteiger partial charge in [0.05, 0.1) is 0 Å². The summed E-state index contributed by atoms with van der Waals surface area (Å²) in [6.07, 6.45) is 2.57. The van der Waals surface area contributed by atoms with Gasteiger partial charge in [0.25, 0.3) is 0 Å². The van der Waals surface area contributed by atoms with Crippen LogP contribution in [0.3, 0.4) is 0 Å². The molecule has 0 bridgehead atoms. The molecule has 1 rings (SSSR count). The monoisotopic (exact) mass is 142 g/mol. The summed E-state index contributed by atoms with van der Waals surface area (Å²) >= 11 is 0. The highest BCUT2D eigenvalue weighted by Crippen LogP contribution is 2.22. The molecule has 1 aliphatic heterocycles. The average molecular weight is 142 g/mol. The molecule has 2 N–H and O–H groups in total. The molecule has 0 aromatic rings. The van der Waals surface area contributed by atoms with Crippen molar-refractivity contribution in [3.8, 4) is 0 Å². The van der Waals surface area contributed by atoms with Crippen molar-refractivity contribution in [2.75, 3.05) is 13.1 Å². The van der Waals surface area contributed by atoms with Gasteiger partial charge in [-0.1, -0.05) is 13.8 Å². The maximum Gasteiger partial charge on any atom is 0.0131 e. The molecule has 2 nitrogen and oxygen atoms in total. The topological polar surface area (TPSA) is 29.3 Å².